The molecule has 0 radical (unpaired) electrons. The van der Waals surface area contributed by atoms with E-state index in [1.54, 1.807) is 12.4 Å². The second-order valence-electron chi connectivity index (χ2n) is 8.57. The number of carbonyl (C=O) groups excluding carboxylic acids is 2. The van der Waals surface area contributed by atoms with Crippen molar-refractivity contribution >= 4 is 23.4 Å². The van der Waals surface area contributed by atoms with Gasteiger partial charge in [-0.3, -0.25) is 9.78 Å². The van der Waals surface area contributed by atoms with Gasteiger partial charge in [0.25, 0.3) is 12.2 Å². The average molecular weight is 582 g/mol. The number of aliphatic carboxylic acids is 2. The number of benzene rings is 1. The number of carboxylic acids is 2. The topological polar surface area (TPSA) is 128 Å². The maximum atomic E-state index is 13.1. The molecule has 1 saturated carbocycles. The summed E-state index contributed by atoms with van der Waals surface area (Å²) in [5.41, 5.74) is 3.35. The van der Waals surface area contributed by atoms with E-state index in [0.29, 0.717) is 5.56 Å². The lowest BCUT2D eigenvalue weighted by Crippen LogP contribution is -2.38. The van der Waals surface area contributed by atoms with Crippen LogP contribution in [0.3, 0.4) is 0 Å². The van der Waals surface area contributed by atoms with Crippen LogP contribution in [0.5, 0.6) is 0 Å². The van der Waals surface area contributed by atoms with E-state index in [1.807, 2.05) is 70.2 Å². The highest BCUT2D eigenvalue weighted by Crippen LogP contribution is 2.45. The Bertz CT molecular complexity index is 1480. The molecule has 3 aromatic heterocycles. The zero-order chi connectivity index (χ0) is 30.4. The normalized spacial score (nSPS) is 13.6. The van der Waals surface area contributed by atoms with Crippen molar-refractivity contribution in [3.63, 3.8) is 0 Å². The van der Waals surface area contributed by atoms with Crippen LogP contribution in [0.2, 0.25) is 0 Å². The van der Waals surface area contributed by atoms with Crippen LogP contribution in [0.25, 0.3) is 11.2 Å². The smallest absolute Gasteiger partial charge is 0.490 e. The van der Waals surface area contributed by atoms with Gasteiger partial charge in [0.15, 0.2) is 5.52 Å². The van der Waals surface area contributed by atoms with Gasteiger partial charge >= 0.3 is 18.3 Å². The summed E-state index contributed by atoms with van der Waals surface area (Å²) in [6.07, 6.45) is 0.957. The third-order valence-electron chi connectivity index (χ3n) is 5.67. The minimum absolute atomic E-state index is 0.0952. The average Bonchev–Trinajstić information content (AvgIpc) is 3.57. The molecule has 1 amide bonds. The standard InChI is InChI=1S/C22H18N4O.2C2HF3O2/c27-21(24-22(10-11-22)17-6-2-1-3-7-17)19-14-23-12-9-20(19)26-15-18-8-4-5-13-25(18)16-26;2*3-2(4,5)1(6)7/h1-9,12-16H,10-11H2;2*(H,6,7). The number of aromatic nitrogens is 3. The highest BCUT2D eigenvalue weighted by atomic mass is 19.4. The Morgan fingerprint density at radius 3 is 2.05 bits per heavy atom. The van der Waals surface area contributed by atoms with Crippen LogP contribution in [0.15, 0.2) is 85.7 Å². The van der Waals surface area contributed by atoms with Crippen LogP contribution < -0.4 is 15.0 Å². The Balaban J connectivity index is 0.000000276. The summed E-state index contributed by atoms with van der Waals surface area (Å²) < 4.78 is 67.3. The maximum Gasteiger partial charge on any atom is 0.490 e. The first-order valence-corrected chi connectivity index (χ1v) is 11.5. The second-order valence-corrected chi connectivity index (χ2v) is 8.57. The van der Waals surface area contributed by atoms with Crippen molar-refractivity contribution in [2.75, 3.05) is 0 Å². The van der Waals surface area contributed by atoms with Gasteiger partial charge in [-0.15, -0.1) is 0 Å². The molecule has 0 atom stereocenters. The molecule has 2 N–H and O–H groups in total. The molecule has 0 spiro atoms. The van der Waals surface area contributed by atoms with Crippen LogP contribution >= 0.6 is 0 Å². The number of fused-ring (bicyclic) bond motifs is 1. The Hall–Kier alpha value is -4.95. The molecule has 0 unspecified atom stereocenters. The number of nitrogens with zero attached hydrogens (tertiary/aromatic N) is 3. The number of pyridine rings is 2. The lowest BCUT2D eigenvalue weighted by Gasteiger charge is -2.18. The molecule has 1 fully saturated rings. The fourth-order valence-electron chi connectivity index (χ4n) is 3.57. The number of alkyl halides is 6. The fourth-order valence-corrected chi connectivity index (χ4v) is 3.57. The lowest BCUT2D eigenvalue weighted by atomic mass is 10.0. The number of carboxylic acid groups (broad SMARTS) is 2. The summed E-state index contributed by atoms with van der Waals surface area (Å²) in [5.74, 6) is -5.86. The van der Waals surface area contributed by atoms with E-state index >= 15 is 0 Å². The summed E-state index contributed by atoms with van der Waals surface area (Å²) in [6, 6.07) is 18.1. The largest absolute Gasteiger partial charge is 0.542 e. The van der Waals surface area contributed by atoms with Crippen LogP contribution in [0.4, 0.5) is 26.3 Å². The van der Waals surface area contributed by atoms with Crippen molar-refractivity contribution in [2.45, 2.75) is 30.7 Å². The predicted molar refractivity (Wildman–Crippen MR) is 126 cm³/mol. The number of amides is 1. The minimum Gasteiger partial charge on any atom is -0.542 e. The first kappa shape index (κ1) is 30.6. The third kappa shape index (κ3) is 8.03. The van der Waals surface area contributed by atoms with Gasteiger partial charge in [-0.25, -0.2) is 13.8 Å². The Morgan fingerprint density at radius 1 is 0.951 bits per heavy atom. The zero-order valence-corrected chi connectivity index (χ0v) is 20.7. The number of hydrogen-bond acceptors (Lipinski definition) is 5. The van der Waals surface area contributed by atoms with Crippen molar-refractivity contribution in [1.29, 1.82) is 0 Å². The van der Waals surface area contributed by atoms with Gasteiger partial charge in [-0.1, -0.05) is 36.4 Å². The van der Waals surface area contributed by atoms with Crippen molar-refractivity contribution in [1.82, 2.24) is 14.7 Å². The van der Waals surface area contributed by atoms with Gasteiger partial charge in [0, 0.05) is 18.5 Å². The zero-order valence-electron chi connectivity index (χ0n) is 20.7. The van der Waals surface area contributed by atoms with E-state index < -0.39 is 24.3 Å². The summed E-state index contributed by atoms with van der Waals surface area (Å²) in [4.78, 5) is 35.0. The summed E-state index contributed by atoms with van der Waals surface area (Å²) in [7, 11) is 0. The van der Waals surface area contributed by atoms with Crippen LogP contribution in [0, 0.1) is 0 Å². The number of nitrogens with one attached hydrogen (secondary N) is 1. The SMILES string of the molecule is O=C(NC1(c2ccccc2)CC1)c1cnccc1-[n+]1cc2ccccn2c1.O=C(O)C(F)(F)F.O=C([O-])C(F)(F)F. The monoisotopic (exact) mass is 582 g/mol. The van der Waals surface area contributed by atoms with Crippen molar-refractivity contribution in [2.24, 2.45) is 0 Å². The molecule has 4 aromatic rings. The molecule has 0 bridgehead atoms. The quantitative estimate of drug-likeness (QED) is 0.282. The van der Waals surface area contributed by atoms with Crippen LogP contribution in [0.1, 0.15) is 28.8 Å². The van der Waals surface area contributed by atoms with Gasteiger partial charge in [0.1, 0.15) is 23.4 Å². The van der Waals surface area contributed by atoms with E-state index in [9.17, 15) is 31.1 Å². The van der Waals surface area contributed by atoms with E-state index in [1.165, 1.54) is 0 Å². The van der Waals surface area contributed by atoms with Gasteiger partial charge in [-0.2, -0.15) is 26.3 Å². The number of imidazole rings is 1. The molecule has 9 nitrogen and oxygen atoms in total. The number of hydrogen-bond donors (Lipinski definition) is 2. The fraction of sp³-hybridized carbons (Fsp3) is 0.192. The van der Waals surface area contributed by atoms with E-state index in [-0.39, 0.29) is 11.4 Å². The van der Waals surface area contributed by atoms with Gasteiger partial charge in [-0.05, 0) is 30.5 Å². The number of rotatable bonds is 4. The molecule has 41 heavy (non-hydrogen) atoms. The molecule has 1 aliphatic carbocycles. The Morgan fingerprint density at radius 2 is 1.54 bits per heavy atom. The molecule has 0 saturated heterocycles. The second kappa shape index (κ2) is 12.1. The first-order valence-electron chi connectivity index (χ1n) is 11.5. The van der Waals surface area contributed by atoms with Crippen molar-refractivity contribution in [3.05, 3.63) is 96.8 Å². The minimum atomic E-state index is -5.19. The molecule has 1 aliphatic rings. The van der Waals surface area contributed by atoms with Gasteiger partial charge in [0.05, 0.1) is 11.7 Å². The molecule has 0 aliphatic heterocycles. The predicted octanol–water partition coefficient (Wildman–Crippen LogP) is 2.96. The molecule has 5 rings (SSSR count). The number of carbonyl (C=O) groups is 3. The van der Waals surface area contributed by atoms with E-state index in [4.69, 9.17) is 19.8 Å². The van der Waals surface area contributed by atoms with Crippen LogP contribution in [-0.4, -0.2) is 44.7 Å². The van der Waals surface area contributed by atoms with Crippen molar-refractivity contribution < 1.29 is 55.5 Å². The van der Waals surface area contributed by atoms with Crippen LogP contribution in [-0.2, 0) is 15.1 Å². The lowest BCUT2D eigenvalue weighted by molar-refractivity contribution is -0.594. The molecule has 1 aromatic carbocycles. The Kier molecular flexibility index (Phi) is 9.00. The van der Waals surface area contributed by atoms with E-state index in [0.717, 1.165) is 29.6 Å². The van der Waals surface area contributed by atoms with E-state index in [2.05, 4.69) is 22.4 Å². The number of halogens is 6. The highest BCUT2D eigenvalue weighted by Gasteiger charge is 2.46. The first-order chi connectivity index (χ1) is 19.1. The van der Waals surface area contributed by atoms with Gasteiger partial charge in [0.2, 0.25) is 0 Å². The molecule has 216 valence electrons. The highest BCUT2D eigenvalue weighted by molar-refractivity contribution is 5.97. The Labute approximate surface area is 227 Å². The molecular weight excluding hydrogens is 562 g/mol. The summed E-state index contributed by atoms with van der Waals surface area (Å²) >= 11 is 0. The van der Waals surface area contributed by atoms with Gasteiger partial charge < -0.3 is 20.3 Å². The third-order valence-corrected chi connectivity index (χ3v) is 5.67. The van der Waals surface area contributed by atoms with Crippen molar-refractivity contribution in [3.8, 4) is 5.69 Å². The maximum absolute atomic E-state index is 13.1. The molecule has 15 heteroatoms. The molecular formula is C26H20F6N4O5. The summed E-state index contributed by atoms with van der Waals surface area (Å²) in [6.45, 7) is 0. The molecule has 3 heterocycles. The summed E-state index contributed by atoms with van der Waals surface area (Å²) in [5, 5.41) is 19.2.